The third kappa shape index (κ3) is 4.83. The zero-order chi connectivity index (χ0) is 18.6. The maximum atomic E-state index is 12.7. The minimum Gasteiger partial charge on any atom is -0.497 e. The summed E-state index contributed by atoms with van der Waals surface area (Å²) in [5, 5.41) is 3.11. The van der Waals surface area contributed by atoms with E-state index in [4.69, 9.17) is 4.74 Å². The fourth-order valence-electron chi connectivity index (χ4n) is 3.09. The lowest BCUT2D eigenvalue weighted by Crippen LogP contribution is -3.12. The largest absolute Gasteiger partial charge is 0.497 e. The van der Waals surface area contributed by atoms with Crippen LogP contribution in [0.1, 0.15) is 29.2 Å². The van der Waals surface area contributed by atoms with E-state index in [1.54, 1.807) is 7.11 Å². The monoisotopic (exact) mass is 341 g/mol. The number of hydrogen-bond acceptors (Lipinski definition) is 2. The van der Waals surface area contributed by atoms with Gasteiger partial charge >= 0.3 is 0 Å². The Morgan fingerprint density at radius 2 is 1.80 bits per heavy atom. The predicted molar refractivity (Wildman–Crippen MR) is 102 cm³/mol. The summed E-state index contributed by atoms with van der Waals surface area (Å²) < 4.78 is 5.27. The van der Waals surface area contributed by atoms with Crippen LogP contribution in [-0.2, 0) is 11.3 Å². The van der Waals surface area contributed by atoms with Gasteiger partial charge in [0.15, 0.2) is 6.04 Å². The third-order valence-corrected chi connectivity index (χ3v) is 4.67. The molecule has 0 saturated carbocycles. The van der Waals surface area contributed by atoms with E-state index in [1.807, 2.05) is 46.0 Å². The number of carbonyl (C=O) groups is 1. The number of anilines is 1. The first-order valence-corrected chi connectivity index (χ1v) is 8.65. The molecule has 0 radical (unpaired) electrons. The number of nitrogens with one attached hydrogen (secondary N) is 2. The Balaban J connectivity index is 2.06. The zero-order valence-corrected chi connectivity index (χ0v) is 16.1. The van der Waals surface area contributed by atoms with Crippen molar-refractivity contribution in [1.82, 2.24) is 0 Å². The second kappa shape index (κ2) is 8.17. The number of hydrogen-bond donors (Lipinski definition) is 2. The van der Waals surface area contributed by atoms with Crippen molar-refractivity contribution in [2.45, 2.75) is 40.3 Å². The van der Waals surface area contributed by atoms with Crippen LogP contribution < -0.4 is 15.0 Å². The summed E-state index contributed by atoms with van der Waals surface area (Å²) in [6.45, 7) is 8.86. The maximum Gasteiger partial charge on any atom is 0.282 e. The van der Waals surface area contributed by atoms with Gasteiger partial charge in [0.25, 0.3) is 5.91 Å². The van der Waals surface area contributed by atoms with Crippen LogP contribution in [0.3, 0.4) is 0 Å². The zero-order valence-electron chi connectivity index (χ0n) is 16.1. The van der Waals surface area contributed by atoms with Gasteiger partial charge in [-0.1, -0.05) is 29.8 Å². The molecule has 2 aromatic carbocycles. The average Bonchev–Trinajstić information content (AvgIpc) is 2.57. The van der Waals surface area contributed by atoms with Crippen LogP contribution in [0.5, 0.6) is 5.75 Å². The van der Waals surface area contributed by atoms with Crippen LogP contribution in [-0.4, -0.2) is 26.1 Å². The van der Waals surface area contributed by atoms with Gasteiger partial charge in [-0.3, -0.25) is 4.79 Å². The predicted octanol–water partition coefficient (Wildman–Crippen LogP) is 2.66. The summed E-state index contributed by atoms with van der Waals surface area (Å²) >= 11 is 0. The summed E-state index contributed by atoms with van der Waals surface area (Å²) in [7, 11) is 3.70. The van der Waals surface area contributed by atoms with Crippen LogP contribution >= 0.6 is 0 Å². The van der Waals surface area contributed by atoms with Gasteiger partial charge in [0.1, 0.15) is 12.3 Å². The number of rotatable bonds is 6. The molecule has 0 aliphatic rings. The second-order valence-corrected chi connectivity index (χ2v) is 6.86. The summed E-state index contributed by atoms with van der Waals surface area (Å²) in [5.41, 5.74) is 5.49. The van der Waals surface area contributed by atoms with Crippen molar-refractivity contribution in [1.29, 1.82) is 0 Å². The van der Waals surface area contributed by atoms with E-state index in [0.717, 1.165) is 39.6 Å². The Hall–Kier alpha value is -2.33. The molecule has 0 saturated heterocycles. The maximum absolute atomic E-state index is 12.7. The standard InChI is InChI=1S/C21H28N2O2/c1-14-10-15(2)20(16(3)11-14)22-21(24)17(4)23(5)13-18-8-7-9-19(12-18)25-6/h7-12,17H,13H2,1-6H3,(H,22,24)/p+1/t17-/m1/s1. The number of aryl methyl sites for hydroxylation is 3. The molecule has 0 spiro atoms. The molecule has 0 fully saturated rings. The van der Waals surface area contributed by atoms with Crippen molar-refractivity contribution >= 4 is 11.6 Å². The van der Waals surface area contributed by atoms with E-state index in [-0.39, 0.29) is 11.9 Å². The van der Waals surface area contributed by atoms with Crippen molar-refractivity contribution in [3.05, 3.63) is 58.7 Å². The Kier molecular flexibility index (Phi) is 6.21. The molecule has 2 rings (SSSR count). The average molecular weight is 341 g/mol. The molecule has 0 aliphatic carbocycles. The molecule has 1 unspecified atom stereocenters. The van der Waals surface area contributed by atoms with Gasteiger partial charge in [0.05, 0.1) is 14.2 Å². The molecule has 2 N–H and O–H groups in total. The highest BCUT2D eigenvalue weighted by Crippen LogP contribution is 2.21. The molecule has 0 heterocycles. The lowest BCUT2D eigenvalue weighted by atomic mass is 10.0. The number of methoxy groups -OCH3 is 1. The Labute approximate surface area is 150 Å². The highest BCUT2D eigenvalue weighted by Gasteiger charge is 2.23. The van der Waals surface area contributed by atoms with Crippen molar-refractivity contribution in [2.24, 2.45) is 0 Å². The fraction of sp³-hybridized carbons (Fsp3) is 0.381. The van der Waals surface area contributed by atoms with Crippen molar-refractivity contribution < 1.29 is 14.4 Å². The lowest BCUT2D eigenvalue weighted by molar-refractivity contribution is -0.907. The quantitative estimate of drug-likeness (QED) is 0.848. The molecular formula is C21H29N2O2+. The van der Waals surface area contributed by atoms with Crippen molar-refractivity contribution in [3.8, 4) is 5.75 Å². The molecule has 0 aliphatic heterocycles. The Morgan fingerprint density at radius 1 is 1.16 bits per heavy atom. The molecule has 134 valence electrons. The summed E-state index contributed by atoms with van der Waals surface area (Å²) in [4.78, 5) is 13.8. The van der Waals surface area contributed by atoms with E-state index in [1.165, 1.54) is 5.56 Å². The highest BCUT2D eigenvalue weighted by atomic mass is 16.5. The molecule has 2 atom stereocenters. The minimum absolute atomic E-state index is 0.0375. The van der Waals surface area contributed by atoms with Gasteiger partial charge < -0.3 is 15.0 Å². The van der Waals surface area contributed by atoms with Crippen LogP contribution in [0, 0.1) is 20.8 Å². The first kappa shape index (κ1) is 19.0. The second-order valence-electron chi connectivity index (χ2n) is 6.86. The van der Waals surface area contributed by atoms with E-state index in [0.29, 0.717) is 0 Å². The minimum atomic E-state index is -0.161. The molecule has 1 amide bonds. The molecule has 0 bridgehead atoms. The van der Waals surface area contributed by atoms with E-state index < -0.39 is 0 Å². The SMILES string of the molecule is COc1cccc(C[NH+](C)[C@H](C)C(=O)Nc2c(C)cc(C)cc2C)c1. The number of carbonyl (C=O) groups excluding carboxylic acids is 1. The number of amides is 1. The highest BCUT2D eigenvalue weighted by molar-refractivity contribution is 5.95. The molecular weight excluding hydrogens is 312 g/mol. The molecule has 4 nitrogen and oxygen atoms in total. The number of likely N-dealkylation sites (N-methyl/N-ethyl adjacent to an activating group) is 1. The third-order valence-electron chi connectivity index (χ3n) is 4.67. The lowest BCUT2D eigenvalue weighted by Gasteiger charge is -2.22. The molecule has 25 heavy (non-hydrogen) atoms. The van der Waals surface area contributed by atoms with Crippen LogP contribution in [0.25, 0.3) is 0 Å². The fourth-order valence-corrected chi connectivity index (χ4v) is 3.09. The van der Waals surface area contributed by atoms with Gasteiger partial charge in [-0.25, -0.2) is 0 Å². The van der Waals surface area contributed by atoms with Gasteiger partial charge in [-0.05, 0) is 51.0 Å². The van der Waals surface area contributed by atoms with Crippen LogP contribution in [0.15, 0.2) is 36.4 Å². The summed E-state index contributed by atoms with van der Waals surface area (Å²) in [5.74, 6) is 0.878. The van der Waals surface area contributed by atoms with Gasteiger partial charge in [0.2, 0.25) is 0 Å². The van der Waals surface area contributed by atoms with Crippen LogP contribution in [0.2, 0.25) is 0 Å². The van der Waals surface area contributed by atoms with E-state index in [9.17, 15) is 4.79 Å². The van der Waals surface area contributed by atoms with Crippen LogP contribution in [0.4, 0.5) is 5.69 Å². The topological polar surface area (TPSA) is 42.8 Å². The van der Waals surface area contributed by atoms with Crippen molar-refractivity contribution in [3.63, 3.8) is 0 Å². The van der Waals surface area contributed by atoms with Gasteiger partial charge in [-0.2, -0.15) is 0 Å². The molecule has 2 aromatic rings. The first-order valence-electron chi connectivity index (χ1n) is 8.65. The van der Waals surface area contributed by atoms with Gasteiger partial charge in [0, 0.05) is 11.3 Å². The molecule has 4 heteroatoms. The Morgan fingerprint density at radius 3 is 2.40 bits per heavy atom. The number of ether oxygens (including phenoxy) is 1. The normalized spacial score (nSPS) is 13.2. The van der Waals surface area contributed by atoms with Gasteiger partial charge in [-0.15, -0.1) is 0 Å². The summed E-state index contributed by atoms with van der Waals surface area (Å²) in [6, 6.07) is 12.0. The Bertz CT molecular complexity index is 732. The molecule has 0 aromatic heterocycles. The van der Waals surface area contributed by atoms with E-state index in [2.05, 4.69) is 30.4 Å². The first-order chi connectivity index (χ1) is 11.8. The number of quaternary nitrogens is 1. The van der Waals surface area contributed by atoms with E-state index >= 15 is 0 Å². The summed E-state index contributed by atoms with van der Waals surface area (Å²) in [6.07, 6.45) is 0. The van der Waals surface area contributed by atoms with Crippen molar-refractivity contribution in [2.75, 3.05) is 19.5 Å². The number of benzene rings is 2. The smallest absolute Gasteiger partial charge is 0.282 e.